The minimum absolute atomic E-state index is 0.778. The zero-order valence-corrected chi connectivity index (χ0v) is 13.3. The van der Waals surface area contributed by atoms with Crippen LogP contribution in [0.3, 0.4) is 0 Å². The van der Waals surface area contributed by atoms with Gasteiger partial charge in [-0.2, -0.15) is 0 Å². The smallest absolute Gasteiger partial charge is 0.125 e. The molecule has 2 saturated heterocycles. The molecule has 0 radical (unpaired) electrons. The Bertz CT molecular complexity index is 630. The maximum atomic E-state index is 6.25. The predicted octanol–water partition coefficient (Wildman–Crippen LogP) is 3.11. The molecule has 2 aromatic rings. The van der Waals surface area contributed by atoms with Gasteiger partial charge in [0, 0.05) is 30.6 Å². The molecular formula is C16H18ClN3S. The number of thiazole rings is 1. The van der Waals surface area contributed by atoms with E-state index in [9.17, 15) is 0 Å². The van der Waals surface area contributed by atoms with E-state index >= 15 is 0 Å². The molecule has 110 valence electrons. The molecule has 1 aromatic carbocycles. The lowest BCUT2D eigenvalue weighted by Crippen LogP contribution is -2.25. The van der Waals surface area contributed by atoms with Crippen LogP contribution in [-0.2, 0) is 6.54 Å². The van der Waals surface area contributed by atoms with E-state index in [0.717, 1.165) is 34.0 Å². The maximum absolute atomic E-state index is 6.25. The Labute approximate surface area is 134 Å². The van der Waals surface area contributed by atoms with Crippen LogP contribution >= 0.6 is 22.9 Å². The molecule has 0 spiro atoms. The standard InChI is InChI=1S/C16H18ClN3S/c17-15-4-2-1-3-14(15)16-19-13(10-21-16)9-20-7-11-5-18-6-12(11)8-20/h1-4,10-12,18H,5-9H2/t11-,12+. The lowest BCUT2D eigenvalue weighted by molar-refractivity contribution is 0.302. The van der Waals surface area contributed by atoms with E-state index in [1.54, 1.807) is 11.3 Å². The lowest BCUT2D eigenvalue weighted by atomic mass is 10.0. The largest absolute Gasteiger partial charge is 0.316 e. The number of rotatable bonds is 3. The Morgan fingerprint density at radius 3 is 2.76 bits per heavy atom. The van der Waals surface area contributed by atoms with Gasteiger partial charge in [-0.3, -0.25) is 4.90 Å². The molecule has 2 aliphatic heterocycles. The van der Waals surface area contributed by atoms with E-state index in [1.807, 2.05) is 24.3 Å². The Morgan fingerprint density at radius 2 is 2.00 bits per heavy atom. The SMILES string of the molecule is Clc1ccccc1-c1nc(CN2C[C@H]3CNC[C@H]3C2)cs1. The van der Waals surface area contributed by atoms with E-state index in [4.69, 9.17) is 16.6 Å². The number of benzene rings is 1. The lowest BCUT2D eigenvalue weighted by Gasteiger charge is -2.15. The summed E-state index contributed by atoms with van der Waals surface area (Å²) in [5.74, 6) is 1.68. The van der Waals surface area contributed by atoms with Gasteiger partial charge in [-0.15, -0.1) is 11.3 Å². The molecule has 5 heteroatoms. The molecule has 2 atom stereocenters. The Balaban J connectivity index is 1.47. The van der Waals surface area contributed by atoms with Crippen LogP contribution < -0.4 is 5.32 Å². The van der Waals surface area contributed by atoms with Gasteiger partial charge in [0.2, 0.25) is 0 Å². The van der Waals surface area contributed by atoms with Gasteiger partial charge in [-0.25, -0.2) is 4.98 Å². The van der Waals surface area contributed by atoms with Crippen molar-refractivity contribution in [1.82, 2.24) is 15.2 Å². The normalized spacial score (nSPS) is 25.4. The number of aromatic nitrogens is 1. The highest BCUT2D eigenvalue weighted by atomic mass is 35.5. The second kappa shape index (κ2) is 5.69. The number of fused-ring (bicyclic) bond motifs is 1. The topological polar surface area (TPSA) is 28.2 Å². The van der Waals surface area contributed by atoms with Gasteiger partial charge in [0.15, 0.2) is 0 Å². The summed E-state index contributed by atoms with van der Waals surface area (Å²) < 4.78 is 0. The summed E-state index contributed by atoms with van der Waals surface area (Å²) in [6.07, 6.45) is 0. The minimum Gasteiger partial charge on any atom is -0.316 e. The summed E-state index contributed by atoms with van der Waals surface area (Å²) in [4.78, 5) is 7.32. The average Bonchev–Trinajstić information content (AvgIpc) is 3.15. The highest BCUT2D eigenvalue weighted by Gasteiger charge is 2.35. The number of nitrogens with one attached hydrogen (secondary N) is 1. The van der Waals surface area contributed by atoms with Gasteiger partial charge in [0.25, 0.3) is 0 Å². The van der Waals surface area contributed by atoms with Crippen LogP contribution in [0, 0.1) is 11.8 Å². The number of halogens is 1. The third-order valence-electron chi connectivity index (χ3n) is 4.51. The molecule has 1 aromatic heterocycles. The molecule has 21 heavy (non-hydrogen) atoms. The van der Waals surface area contributed by atoms with Crippen molar-refractivity contribution < 1.29 is 0 Å². The van der Waals surface area contributed by atoms with Crippen LogP contribution in [0.15, 0.2) is 29.6 Å². The Kier molecular flexibility index (Phi) is 3.71. The first kappa shape index (κ1) is 13.7. The fourth-order valence-corrected chi connectivity index (χ4v) is 4.58. The van der Waals surface area contributed by atoms with Gasteiger partial charge in [0.1, 0.15) is 5.01 Å². The van der Waals surface area contributed by atoms with Crippen molar-refractivity contribution in [2.24, 2.45) is 11.8 Å². The number of nitrogens with zero attached hydrogens (tertiary/aromatic N) is 2. The van der Waals surface area contributed by atoms with Crippen molar-refractivity contribution in [1.29, 1.82) is 0 Å². The highest BCUT2D eigenvalue weighted by molar-refractivity contribution is 7.13. The third-order valence-corrected chi connectivity index (χ3v) is 5.76. The fraction of sp³-hybridized carbons (Fsp3) is 0.438. The molecule has 3 heterocycles. The maximum Gasteiger partial charge on any atom is 0.125 e. The van der Waals surface area contributed by atoms with Gasteiger partial charge in [-0.1, -0.05) is 29.8 Å². The zero-order chi connectivity index (χ0) is 14.2. The minimum atomic E-state index is 0.778. The molecule has 2 fully saturated rings. The van der Waals surface area contributed by atoms with E-state index < -0.39 is 0 Å². The second-order valence-corrected chi connectivity index (χ2v) is 7.26. The molecule has 1 N–H and O–H groups in total. The van der Waals surface area contributed by atoms with Crippen molar-refractivity contribution in [2.75, 3.05) is 26.2 Å². The first-order chi connectivity index (χ1) is 10.3. The van der Waals surface area contributed by atoms with Crippen LogP contribution in [0.1, 0.15) is 5.69 Å². The number of hydrogen-bond donors (Lipinski definition) is 1. The van der Waals surface area contributed by atoms with Crippen molar-refractivity contribution in [2.45, 2.75) is 6.54 Å². The average molecular weight is 320 g/mol. The molecule has 2 aliphatic rings. The van der Waals surface area contributed by atoms with Gasteiger partial charge in [0.05, 0.1) is 10.7 Å². The van der Waals surface area contributed by atoms with E-state index in [-0.39, 0.29) is 0 Å². The van der Waals surface area contributed by atoms with Gasteiger partial charge in [-0.05, 0) is 31.0 Å². The summed E-state index contributed by atoms with van der Waals surface area (Å²) in [5.41, 5.74) is 2.21. The number of likely N-dealkylation sites (tertiary alicyclic amines) is 1. The van der Waals surface area contributed by atoms with Crippen LogP contribution in [0.5, 0.6) is 0 Å². The molecule has 0 amide bonds. The van der Waals surface area contributed by atoms with E-state index in [0.29, 0.717) is 0 Å². The van der Waals surface area contributed by atoms with Crippen LogP contribution in [-0.4, -0.2) is 36.1 Å². The molecule has 4 rings (SSSR count). The Hall–Kier alpha value is -0.940. The van der Waals surface area contributed by atoms with E-state index in [2.05, 4.69) is 15.6 Å². The summed E-state index contributed by atoms with van der Waals surface area (Å²) >= 11 is 7.94. The Morgan fingerprint density at radius 1 is 1.24 bits per heavy atom. The molecule has 0 bridgehead atoms. The van der Waals surface area contributed by atoms with Crippen LogP contribution in [0.25, 0.3) is 10.6 Å². The van der Waals surface area contributed by atoms with Crippen LogP contribution in [0.4, 0.5) is 0 Å². The summed E-state index contributed by atoms with van der Waals surface area (Å²) in [5, 5.41) is 7.46. The van der Waals surface area contributed by atoms with E-state index in [1.165, 1.54) is 31.9 Å². The third kappa shape index (κ3) is 2.73. The highest BCUT2D eigenvalue weighted by Crippen LogP contribution is 2.32. The van der Waals surface area contributed by atoms with Crippen molar-refractivity contribution in [3.8, 4) is 10.6 Å². The zero-order valence-electron chi connectivity index (χ0n) is 11.8. The summed E-state index contributed by atoms with van der Waals surface area (Å²) in [6, 6.07) is 7.93. The molecule has 0 saturated carbocycles. The van der Waals surface area contributed by atoms with Crippen molar-refractivity contribution >= 4 is 22.9 Å². The second-order valence-electron chi connectivity index (χ2n) is 6.00. The molecule has 3 nitrogen and oxygen atoms in total. The summed E-state index contributed by atoms with van der Waals surface area (Å²) in [6.45, 7) is 5.74. The molecule has 0 aliphatic carbocycles. The van der Waals surface area contributed by atoms with Crippen molar-refractivity contribution in [3.63, 3.8) is 0 Å². The first-order valence-electron chi connectivity index (χ1n) is 7.42. The van der Waals surface area contributed by atoms with Gasteiger partial charge >= 0.3 is 0 Å². The fourth-order valence-electron chi connectivity index (χ4n) is 3.45. The quantitative estimate of drug-likeness (QED) is 0.942. The molecule has 0 unspecified atom stereocenters. The summed E-state index contributed by atoms with van der Waals surface area (Å²) in [7, 11) is 0. The monoisotopic (exact) mass is 319 g/mol. The molecular weight excluding hydrogens is 302 g/mol. The van der Waals surface area contributed by atoms with Gasteiger partial charge < -0.3 is 5.32 Å². The van der Waals surface area contributed by atoms with Crippen LogP contribution in [0.2, 0.25) is 5.02 Å². The number of hydrogen-bond acceptors (Lipinski definition) is 4. The first-order valence-corrected chi connectivity index (χ1v) is 8.68. The van der Waals surface area contributed by atoms with Crippen molar-refractivity contribution in [3.05, 3.63) is 40.4 Å². The predicted molar refractivity (Wildman–Crippen MR) is 87.7 cm³/mol.